The number of allylic oxidation sites excluding steroid dienone is 1. The monoisotopic (exact) mass is 230 g/mol. The lowest BCUT2D eigenvalue weighted by molar-refractivity contribution is 0.243. The average molecular weight is 230 g/mol. The van der Waals surface area contributed by atoms with Crippen molar-refractivity contribution in [1.82, 2.24) is 10.6 Å². The summed E-state index contributed by atoms with van der Waals surface area (Å²) in [7, 11) is 0. The molecule has 1 aliphatic carbocycles. The van der Waals surface area contributed by atoms with Crippen LogP contribution in [0.2, 0.25) is 0 Å². The van der Waals surface area contributed by atoms with E-state index in [1.165, 1.54) is 18.4 Å². The third-order valence-electron chi connectivity index (χ3n) is 2.91. The molecule has 0 heterocycles. The molecule has 17 heavy (non-hydrogen) atoms. The fourth-order valence-corrected chi connectivity index (χ4v) is 1.58. The Hall–Kier alpha value is -1.77. The number of aryl methyl sites for hydroxylation is 1. The topological polar surface area (TPSA) is 41.1 Å². The molecule has 0 spiro atoms. The maximum atomic E-state index is 11.5. The Kier molecular flexibility index (Phi) is 3.81. The summed E-state index contributed by atoms with van der Waals surface area (Å²) in [6.45, 7) is 2.61. The van der Waals surface area contributed by atoms with E-state index in [2.05, 4.69) is 10.6 Å². The summed E-state index contributed by atoms with van der Waals surface area (Å²) in [4.78, 5) is 11.5. The fraction of sp³-hybridized carbons (Fsp3) is 0.357. The molecule has 3 nitrogen and oxygen atoms in total. The predicted molar refractivity (Wildman–Crippen MR) is 68.4 cm³/mol. The predicted octanol–water partition coefficient (Wildman–Crippen LogP) is 2.72. The molecule has 0 unspecified atom stereocenters. The first-order chi connectivity index (χ1) is 8.25. The van der Waals surface area contributed by atoms with Crippen LogP contribution < -0.4 is 10.6 Å². The molecule has 1 aliphatic rings. The highest BCUT2D eigenvalue weighted by Crippen LogP contribution is 2.29. The molecule has 2 N–H and O–H groups in total. The number of rotatable bonds is 4. The molecule has 1 aromatic rings. The molecule has 1 saturated carbocycles. The van der Waals surface area contributed by atoms with Gasteiger partial charge in [0.1, 0.15) is 0 Å². The number of amides is 2. The van der Waals surface area contributed by atoms with Gasteiger partial charge in [0.15, 0.2) is 0 Å². The second-order valence-corrected chi connectivity index (χ2v) is 4.45. The van der Waals surface area contributed by atoms with Crippen LogP contribution in [0, 0.1) is 12.8 Å². The number of nitrogens with one attached hydrogen (secondary N) is 2. The van der Waals surface area contributed by atoms with E-state index in [1.807, 2.05) is 37.3 Å². The van der Waals surface area contributed by atoms with Gasteiger partial charge in [-0.3, -0.25) is 0 Å². The molecular weight excluding hydrogens is 212 g/mol. The molecule has 0 saturated heterocycles. The summed E-state index contributed by atoms with van der Waals surface area (Å²) >= 11 is 0. The summed E-state index contributed by atoms with van der Waals surface area (Å²) in [5, 5.41) is 5.55. The van der Waals surface area contributed by atoms with Crippen LogP contribution in [0.3, 0.4) is 0 Å². The van der Waals surface area contributed by atoms with Gasteiger partial charge in [0.2, 0.25) is 0 Å². The Morgan fingerprint density at radius 1 is 1.41 bits per heavy atom. The quantitative estimate of drug-likeness (QED) is 0.820. The minimum atomic E-state index is -0.148. The van der Waals surface area contributed by atoms with Crippen molar-refractivity contribution in [2.75, 3.05) is 0 Å². The van der Waals surface area contributed by atoms with E-state index in [4.69, 9.17) is 0 Å². The van der Waals surface area contributed by atoms with Gasteiger partial charge in [-0.15, -0.1) is 0 Å². The zero-order chi connectivity index (χ0) is 12.1. The van der Waals surface area contributed by atoms with Gasteiger partial charge < -0.3 is 10.6 Å². The molecule has 0 bridgehead atoms. The van der Waals surface area contributed by atoms with Crippen molar-refractivity contribution in [3.05, 3.63) is 47.7 Å². The molecule has 1 fully saturated rings. The van der Waals surface area contributed by atoms with Crippen molar-refractivity contribution < 1.29 is 4.79 Å². The normalized spacial score (nSPS) is 14.9. The molecule has 0 aliphatic heterocycles. The van der Waals surface area contributed by atoms with Crippen molar-refractivity contribution in [2.24, 2.45) is 5.92 Å². The van der Waals surface area contributed by atoms with Gasteiger partial charge in [-0.05, 0) is 36.8 Å². The molecule has 0 aromatic heterocycles. The number of hydrogen-bond donors (Lipinski definition) is 2. The number of benzene rings is 1. The first-order valence-corrected chi connectivity index (χ1v) is 6.01. The van der Waals surface area contributed by atoms with E-state index in [9.17, 15) is 4.79 Å². The van der Waals surface area contributed by atoms with Gasteiger partial charge in [-0.1, -0.05) is 30.3 Å². The Balaban J connectivity index is 1.73. The zero-order valence-corrected chi connectivity index (χ0v) is 10.1. The highest BCUT2D eigenvalue weighted by molar-refractivity contribution is 5.74. The van der Waals surface area contributed by atoms with Gasteiger partial charge in [-0.25, -0.2) is 4.79 Å². The van der Waals surface area contributed by atoms with Gasteiger partial charge in [0.25, 0.3) is 0 Å². The molecule has 3 heteroatoms. The van der Waals surface area contributed by atoms with E-state index in [1.54, 1.807) is 6.20 Å². The van der Waals surface area contributed by atoms with Crippen molar-refractivity contribution in [2.45, 2.75) is 26.3 Å². The second-order valence-electron chi connectivity index (χ2n) is 4.45. The summed E-state index contributed by atoms with van der Waals surface area (Å²) in [6.07, 6.45) is 6.30. The van der Waals surface area contributed by atoms with Crippen LogP contribution in [0.4, 0.5) is 4.79 Å². The lowest BCUT2D eigenvalue weighted by atomic mass is 10.1. The van der Waals surface area contributed by atoms with Crippen LogP contribution in [0.1, 0.15) is 24.0 Å². The van der Waals surface area contributed by atoms with Crippen molar-refractivity contribution in [1.29, 1.82) is 0 Å². The van der Waals surface area contributed by atoms with Crippen LogP contribution in [0.25, 0.3) is 0 Å². The number of urea groups is 1. The van der Waals surface area contributed by atoms with Crippen LogP contribution in [0.5, 0.6) is 0 Å². The second kappa shape index (κ2) is 5.53. The molecule has 2 amide bonds. The zero-order valence-electron chi connectivity index (χ0n) is 10.1. The van der Waals surface area contributed by atoms with Crippen LogP contribution in [0.15, 0.2) is 36.5 Å². The third kappa shape index (κ3) is 3.94. The number of carbonyl (C=O) groups excluding carboxylic acids is 1. The van der Waals surface area contributed by atoms with E-state index >= 15 is 0 Å². The molecule has 2 rings (SSSR count). The van der Waals surface area contributed by atoms with Crippen molar-refractivity contribution in [3.63, 3.8) is 0 Å². The standard InChI is InChI=1S/C14H18N2O/c1-11-4-2-3-5-13(11)10-16-14(17)15-9-8-12-6-7-12/h2-5,8-9,12H,6-7,10H2,1H3,(H2,15,16,17)/b9-8+. The van der Waals surface area contributed by atoms with Crippen LogP contribution in [-0.4, -0.2) is 6.03 Å². The first-order valence-electron chi connectivity index (χ1n) is 6.01. The lowest BCUT2D eigenvalue weighted by Crippen LogP contribution is -2.31. The Morgan fingerprint density at radius 3 is 2.88 bits per heavy atom. The average Bonchev–Trinajstić information content (AvgIpc) is 3.12. The van der Waals surface area contributed by atoms with Crippen molar-refractivity contribution >= 4 is 6.03 Å². The minimum Gasteiger partial charge on any atom is -0.334 e. The Morgan fingerprint density at radius 2 is 2.18 bits per heavy atom. The van der Waals surface area contributed by atoms with E-state index in [0.717, 1.165) is 5.56 Å². The largest absolute Gasteiger partial charge is 0.334 e. The maximum Gasteiger partial charge on any atom is 0.319 e. The molecule has 0 atom stereocenters. The van der Waals surface area contributed by atoms with Crippen molar-refractivity contribution in [3.8, 4) is 0 Å². The fourth-order valence-electron chi connectivity index (χ4n) is 1.58. The SMILES string of the molecule is Cc1ccccc1CNC(=O)N/C=C/C1CC1. The van der Waals surface area contributed by atoms with Gasteiger partial charge in [-0.2, -0.15) is 0 Å². The smallest absolute Gasteiger partial charge is 0.319 e. The van der Waals surface area contributed by atoms with Crippen LogP contribution in [-0.2, 0) is 6.54 Å². The highest BCUT2D eigenvalue weighted by Gasteiger charge is 2.16. The molecule has 0 radical (unpaired) electrons. The Bertz CT molecular complexity index is 422. The summed E-state index contributed by atoms with van der Waals surface area (Å²) in [5.41, 5.74) is 2.34. The molecular formula is C14H18N2O. The molecule has 90 valence electrons. The van der Waals surface area contributed by atoms with Gasteiger partial charge in [0, 0.05) is 12.7 Å². The minimum absolute atomic E-state index is 0.148. The van der Waals surface area contributed by atoms with E-state index in [-0.39, 0.29) is 6.03 Å². The Labute approximate surface area is 102 Å². The first kappa shape index (κ1) is 11.7. The lowest BCUT2D eigenvalue weighted by Gasteiger charge is -2.07. The summed E-state index contributed by atoms with van der Waals surface area (Å²) < 4.78 is 0. The summed E-state index contributed by atoms with van der Waals surface area (Å²) in [5.74, 6) is 0.687. The van der Waals surface area contributed by atoms with Gasteiger partial charge >= 0.3 is 6.03 Å². The summed E-state index contributed by atoms with van der Waals surface area (Å²) in [6, 6.07) is 7.90. The number of hydrogen-bond acceptors (Lipinski definition) is 1. The van der Waals surface area contributed by atoms with E-state index < -0.39 is 0 Å². The molecule has 1 aromatic carbocycles. The third-order valence-corrected chi connectivity index (χ3v) is 2.91. The highest BCUT2D eigenvalue weighted by atomic mass is 16.2. The van der Waals surface area contributed by atoms with Crippen LogP contribution >= 0.6 is 0 Å². The van der Waals surface area contributed by atoms with Gasteiger partial charge in [0.05, 0.1) is 0 Å². The number of carbonyl (C=O) groups is 1. The van der Waals surface area contributed by atoms with E-state index in [0.29, 0.717) is 12.5 Å². The maximum absolute atomic E-state index is 11.5.